The third-order valence-corrected chi connectivity index (χ3v) is 16.3. The minimum atomic E-state index is -6.00. The molecule has 10 nitrogen and oxygen atoms in total. The van der Waals surface area contributed by atoms with Crippen LogP contribution in [0.4, 0.5) is 53.0 Å². The Morgan fingerprint density at radius 1 is 0.506 bits per heavy atom. The van der Waals surface area contributed by atoms with Gasteiger partial charge in [-0.25, -0.2) is 19.0 Å². The van der Waals surface area contributed by atoms with Crippen LogP contribution in [0.15, 0.2) is 48.5 Å². The van der Waals surface area contributed by atoms with Crippen LogP contribution in [0, 0.1) is 83.1 Å². The number of nitrogens with zero attached hydrogens (tertiary/aromatic N) is 4. The van der Waals surface area contributed by atoms with Gasteiger partial charge in [-0.15, -0.1) is 0 Å². The van der Waals surface area contributed by atoms with E-state index < -0.39 is 30.0 Å². The Morgan fingerprint density at radius 3 is 0.896 bits per heavy atom. The van der Waals surface area contributed by atoms with Gasteiger partial charge in [-0.2, -0.15) is 0 Å². The van der Waals surface area contributed by atoms with Crippen molar-refractivity contribution in [1.29, 1.82) is 0 Å². The number of aryl methyl sites for hydroxylation is 12. The molecule has 2 atom stereocenters. The topological polar surface area (TPSA) is 83.6 Å². The molecule has 6 rings (SSSR count). The standard InChI is InChI=1S/2C26H38N2O3P.CH4.BF4.BF3.BrH.FH.Na/c2*1-9-30-32(29,31-10-2)16-24-15-27(25-20(5)11-18(3)12-21(25)6)17-28(24)26-22(7)13-19(4)14-23(26)8;;2-1(3,4)5;2-1(3)4;;;/h2*11-14,17,24H,9-10,15-16H2,1-8H3;1H4;;;2*1H;/q2*+1;;-1;;;;+1/p-2. The van der Waals surface area contributed by atoms with Crippen molar-refractivity contribution in [3.63, 3.8) is 0 Å². The van der Waals surface area contributed by atoms with Crippen molar-refractivity contribution in [1.82, 2.24) is 0 Å². The van der Waals surface area contributed by atoms with Crippen LogP contribution in [0.2, 0.25) is 0 Å². The van der Waals surface area contributed by atoms with E-state index in [9.17, 15) is 39.3 Å². The van der Waals surface area contributed by atoms with E-state index in [2.05, 4.69) is 163 Å². The van der Waals surface area contributed by atoms with Crippen LogP contribution in [0.5, 0.6) is 0 Å². The van der Waals surface area contributed by atoms with E-state index >= 15 is 0 Å². The first-order valence-electron chi connectivity index (χ1n) is 24.6. The summed E-state index contributed by atoms with van der Waals surface area (Å²) in [6.45, 7) is 36.1. The zero-order valence-electron chi connectivity index (χ0n) is 47.3. The van der Waals surface area contributed by atoms with Crippen molar-refractivity contribution in [2.75, 3.05) is 61.6 Å². The normalized spacial score (nSPS) is 14.9. The summed E-state index contributed by atoms with van der Waals surface area (Å²) >= 11 is 0. The van der Waals surface area contributed by atoms with Gasteiger partial charge in [0.15, 0.2) is 0 Å². The van der Waals surface area contributed by atoms with Crippen molar-refractivity contribution in [2.24, 2.45) is 0 Å². The van der Waals surface area contributed by atoms with E-state index in [0.29, 0.717) is 38.8 Å². The van der Waals surface area contributed by atoms with Gasteiger partial charge in [-0.3, -0.25) is 22.1 Å². The Balaban J connectivity index is 0. The van der Waals surface area contributed by atoms with Gasteiger partial charge >= 0.3 is 59.5 Å². The van der Waals surface area contributed by atoms with Gasteiger partial charge in [0.25, 0.3) is 0 Å². The fourth-order valence-corrected chi connectivity index (χ4v) is 14.0. The maximum atomic E-state index is 13.5. The first-order chi connectivity index (χ1) is 33.9. The van der Waals surface area contributed by atoms with Crippen LogP contribution in [-0.2, 0) is 27.2 Å². The summed E-state index contributed by atoms with van der Waals surface area (Å²) in [5.74, 6) is 0. The smallest absolute Gasteiger partial charge is 1.00 e. The maximum absolute atomic E-state index is 13.5. The second-order valence-corrected chi connectivity index (χ2v) is 22.9. The van der Waals surface area contributed by atoms with Crippen molar-refractivity contribution in [3.8, 4) is 0 Å². The van der Waals surface area contributed by atoms with Gasteiger partial charge < -0.3 is 57.0 Å². The third kappa shape index (κ3) is 22.9. The van der Waals surface area contributed by atoms with Gasteiger partial charge in [0, 0.05) is 0 Å². The van der Waals surface area contributed by atoms with Crippen LogP contribution >= 0.6 is 15.2 Å². The predicted molar refractivity (Wildman–Crippen MR) is 294 cm³/mol. The molecule has 4 aromatic carbocycles. The van der Waals surface area contributed by atoms with Crippen molar-refractivity contribution < 1.29 is 118 Å². The van der Waals surface area contributed by atoms with Gasteiger partial charge in [0.2, 0.25) is 12.7 Å². The van der Waals surface area contributed by atoms with Gasteiger partial charge in [-0.1, -0.05) is 78.2 Å². The Bertz CT molecular complexity index is 2420. The van der Waals surface area contributed by atoms with E-state index in [1.807, 2.05) is 27.7 Å². The minimum Gasteiger partial charge on any atom is -1.00 e. The Hall–Kier alpha value is -2.83. The maximum Gasteiger partial charge on any atom is 1.00 e. The Morgan fingerprint density at radius 2 is 0.701 bits per heavy atom. The number of halogens is 9. The molecule has 0 amide bonds. The monoisotopic (exact) mass is 1210 g/mol. The molecular weight excluding hydrogens is 1130 g/mol. The largest absolute Gasteiger partial charge is 1.00 e. The number of hydrogen-bond acceptors (Lipinski definition) is 8. The molecule has 2 heterocycles. The van der Waals surface area contributed by atoms with E-state index in [0.717, 1.165) is 13.1 Å². The molecule has 0 saturated carbocycles. The Kier molecular flexibility index (Phi) is 33.5. The summed E-state index contributed by atoms with van der Waals surface area (Å²) in [7, 11) is -16.1. The summed E-state index contributed by atoms with van der Waals surface area (Å²) in [6.07, 6.45) is 5.06. The van der Waals surface area contributed by atoms with Crippen LogP contribution < -0.4 is 61.0 Å². The molecule has 4 aromatic rings. The second kappa shape index (κ2) is 33.8. The molecule has 2 aliphatic heterocycles. The van der Waals surface area contributed by atoms with Crippen molar-refractivity contribution in [3.05, 3.63) is 115 Å². The predicted octanol–water partition coefficient (Wildman–Crippen LogP) is 6.56. The van der Waals surface area contributed by atoms with Gasteiger partial charge in [0.05, 0.1) is 38.8 Å². The molecule has 0 aliphatic carbocycles. The Labute approximate surface area is 487 Å². The first-order valence-corrected chi connectivity index (χ1v) is 28.0. The summed E-state index contributed by atoms with van der Waals surface area (Å²) in [5, 5.41) is 0. The quantitative estimate of drug-likeness (QED) is 0.0541. The van der Waals surface area contributed by atoms with Crippen LogP contribution in [0.1, 0.15) is 102 Å². The third-order valence-electron chi connectivity index (χ3n) is 11.9. The van der Waals surface area contributed by atoms with E-state index in [1.54, 1.807) is 0 Å². The first kappa shape index (κ1) is 76.2. The second-order valence-electron chi connectivity index (χ2n) is 18.6. The van der Waals surface area contributed by atoms with Gasteiger partial charge in [0.1, 0.15) is 47.9 Å². The van der Waals surface area contributed by atoms with Crippen LogP contribution in [-0.4, -0.2) is 101 Å². The number of rotatable bonds is 16. The molecule has 0 spiro atoms. The summed E-state index contributed by atoms with van der Waals surface area (Å²) in [6, 6.07) is 17.7. The van der Waals surface area contributed by atoms with Crippen molar-refractivity contribution in [2.45, 2.75) is 130 Å². The average molecular weight is 1210 g/mol. The average Bonchev–Trinajstić information content (AvgIpc) is 3.79. The molecule has 0 saturated heterocycles. The van der Waals surface area contributed by atoms with Gasteiger partial charge in [-0.05, 0) is 155 Å². The molecule has 24 heteroatoms. The molecule has 0 bridgehead atoms. The SMILES string of the molecule is C.CCOP(=O)(CC1C[N+](c2c(C)cc(C)cc2C)=CN1c1c(C)cc(C)cc1C)OCC.CCOP(=O)(CC1C[N+](c2c(C)cc(C)cc2C)=CN1c1c(C)cc(C)cc1C)OCC.FB(F)F.F[B-](F)(F)F.[Br-].[F-].[Na+]. The summed E-state index contributed by atoms with van der Waals surface area (Å²) < 4.78 is 122. The molecule has 2 aliphatic rings. The molecule has 428 valence electrons. The fourth-order valence-electron chi connectivity index (χ4n) is 10.3. The molecule has 0 radical (unpaired) electrons. The zero-order chi connectivity index (χ0) is 55.3. The zero-order valence-corrected chi connectivity index (χ0v) is 52.6. The number of anilines is 2. The van der Waals surface area contributed by atoms with E-state index in [4.69, 9.17) is 18.1 Å². The molecule has 2 unspecified atom stereocenters. The van der Waals surface area contributed by atoms with E-state index in [-0.39, 0.29) is 70.8 Å². The molecular formula is C53H80B2BrF8N4NaO6P2. The van der Waals surface area contributed by atoms with E-state index in [1.165, 1.54) is 89.5 Å². The molecule has 77 heavy (non-hydrogen) atoms. The van der Waals surface area contributed by atoms with Crippen LogP contribution in [0.3, 0.4) is 0 Å². The number of hydrogen-bond donors (Lipinski definition) is 0. The van der Waals surface area contributed by atoms with Crippen molar-refractivity contribution >= 4 is 65.4 Å². The summed E-state index contributed by atoms with van der Waals surface area (Å²) in [5.41, 5.74) is 19.6. The molecule has 0 aromatic heterocycles. The van der Waals surface area contributed by atoms with Crippen LogP contribution in [0.25, 0.3) is 0 Å². The fraction of sp³-hybridized carbons (Fsp3) is 0.509. The number of benzene rings is 4. The molecule has 0 fully saturated rings. The minimum absolute atomic E-state index is 0. The summed E-state index contributed by atoms with van der Waals surface area (Å²) in [4.78, 5) is 4.57. The molecule has 0 N–H and O–H groups in total.